The topological polar surface area (TPSA) is 169 Å². The smallest absolute Gasteiger partial charge is 0.330 e. The second kappa shape index (κ2) is 9.92. The zero-order valence-electron chi connectivity index (χ0n) is 18.7. The predicted octanol–water partition coefficient (Wildman–Crippen LogP) is -0.416. The average molecular weight is 458 g/mol. The van der Waals surface area contributed by atoms with Crippen molar-refractivity contribution in [3.63, 3.8) is 0 Å². The molecule has 1 saturated heterocycles. The van der Waals surface area contributed by atoms with E-state index in [4.69, 9.17) is 25.7 Å². The molecule has 0 amide bonds. The molecule has 1 aromatic heterocycles. The lowest BCUT2D eigenvalue weighted by molar-refractivity contribution is -0.190. The standard InChI is InChI=1S/C20H31FN4O7/c1-9(2)13(22)16(27)31-15-11(8-21)30-18(25-7-6-12(26)24-19(25)29)20(15,5)32-17(28)14(23)10(3)4/h6-7,9-11,13-15,18H,8,22-23H2,1-5H3,(H,24,26,29). The van der Waals surface area contributed by atoms with Crippen LogP contribution in [0, 0.1) is 11.8 Å². The van der Waals surface area contributed by atoms with Crippen molar-refractivity contribution in [1.29, 1.82) is 0 Å². The van der Waals surface area contributed by atoms with E-state index in [0.29, 0.717) is 0 Å². The van der Waals surface area contributed by atoms with Gasteiger partial charge >= 0.3 is 17.6 Å². The molecule has 0 aliphatic carbocycles. The molecule has 5 N–H and O–H groups in total. The highest BCUT2D eigenvalue weighted by molar-refractivity contribution is 5.77. The molecule has 180 valence electrons. The normalized spacial score (nSPS) is 27.4. The van der Waals surface area contributed by atoms with Gasteiger partial charge in [-0.15, -0.1) is 0 Å². The van der Waals surface area contributed by atoms with Gasteiger partial charge in [-0.1, -0.05) is 27.7 Å². The average Bonchev–Trinajstić information content (AvgIpc) is 2.97. The highest BCUT2D eigenvalue weighted by Gasteiger charge is 2.60. The summed E-state index contributed by atoms with van der Waals surface area (Å²) < 4.78 is 31.6. The van der Waals surface area contributed by atoms with E-state index < -0.39 is 66.0 Å². The van der Waals surface area contributed by atoms with Crippen molar-refractivity contribution in [1.82, 2.24) is 9.55 Å². The second-order valence-electron chi connectivity index (χ2n) is 8.70. The summed E-state index contributed by atoms with van der Waals surface area (Å²) in [7, 11) is 0. The number of halogens is 1. The van der Waals surface area contributed by atoms with Crippen molar-refractivity contribution in [3.8, 4) is 0 Å². The van der Waals surface area contributed by atoms with Crippen molar-refractivity contribution >= 4 is 11.9 Å². The number of aromatic nitrogens is 2. The van der Waals surface area contributed by atoms with Crippen molar-refractivity contribution in [2.24, 2.45) is 23.3 Å². The van der Waals surface area contributed by atoms with Gasteiger partial charge in [0, 0.05) is 12.3 Å². The van der Waals surface area contributed by atoms with Crippen molar-refractivity contribution < 1.29 is 28.2 Å². The maximum Gasteiger partial charge on any atom is 0.330 e. The predicted molar refractivity (Wildman–Crippen MR) is 111 cm³/mol. The molecule has 11 nitrogen and oxygen atoms in total. The molecule has 0 aromatic carbocycles. The van der Waals surface area contributed by atoms with E-state index in [-0.39, 0.29) is 11.8 Å². The van der Waals surface area contributed by atoms with E-state index in [1.807, 2.05) is 0 Å². The fourth-order valence-corrected chi connectivity index (χ4v) is 3.29. The molecule has 6 unspecified atom stereocenters. The largest absolute Gasteiger partial charge is 0.454 e. The van der Waals surface area contributed by atoms with Crippen LogP contribution < -0.4 is 22.7 Å². The highest BCUT2D eigenvalue weighted by Crippen LogP contribution is 2.43. The van der Waals surface area contributed by atoms with E-state index in [1.165, 1.54) is 6.92 Å². The molecule has 32 heavy (non-hydrogen) atoms. The number of rotatable bonds is 8. The maximum atomic E-state index is 13.9. The number of alkyl halides is 1. The van der Waals surface area contributed by atoms with Gasteiger partial charge in [0.2, 0.25) is 0 Å². The highest BCUT2D eigenvalue weighted by atomic mass is 19.1. The third-order valence-corrected chi connectivity index (χ3v) is 5.50. The Balaban J connectivity index is 2.55. The van der Waals surface area contributed by atoms with E-state index in [2.05, 4.69) is 4.98 Å². The zero-order chi connectivity index (χ0) is 24.4. The van der Waals surface area contributed by atoms with E-state index in [9.17, 15) is 23.6 Å². The van der Waals surface area contributed by atoms with Gasteiger partial charge in [0.05, 0.1) is 0 Å². The summed E-state index contributed by atoms with van der Waals surface area (Å²) in [5, 5.41) is 0. The van der Waals surface area contributed by atoms with Crippen LogP contribution in [0.25, 0.3) is 0 Å². The molecule has 0 saturated carbocycles. The fourth-order valence-electron chi connectivity index (χ4n) is 3.29. The number of aromatic amines is 1. The van der Waals surface area contributed by atoms with Crippen LogP contribution >= 0.6 is 0 Å². The van der Waals surface area contributed by atoms with Gasteiger partial charge in [-0.05, 0) is 18.8 Å². The van der Waals surface area contributed by atoms with Gasteiger partial charge in [0.25, 0.3) is 5.56 Å². The summed E-state index contributed by atoms with van der Waals surface area (Å²) in [6.45, 7) is 7.03. The summed E-state index contributed by atoms with van der Waals surface area (Å²) in [5.74, 6) is -2.29. The lowest BCUT2D eigenvalue weighted by Crippen LogP contribution is -2.55. The minimum atomic E-state index is -1.87. The first kappa shape index (κ1) is 25.7. The molecule has 1 fully saturated rings. The number of nitrogens with zero attached hydrogens (tertiary/aromatic N) is 1. The summed E-state index contributed by atoms with van der Waals surface area (Å²) in [4.78, 5) is 51.2. The van der Waals surface area contributed by atoms with Crippen LogP contribution in [0.3, 0.4) is 0 Å². The van der Waals surface area contributed by atoms with Crippen LogP contribution in [0.15, 0.2) is 21.9 Å². The lowest BCUT2D eigenvalue weighted by atomic mass is 9.94. The van der Waals surface area contributed by atoms with Crippen LogP contribution in [0.4, 0.5) is 4.39 Å². The number of nitrogens with one attached hydrogen (secondary N) is 1. The molecule has 2 rings (SSSR count). The second-order valence-corrected chi connectivity index (χ2v) is 8.70. The quantitative estimate of drug-likeness (QED) is 0.438. The van der Waals surface area contributed by atoms with Crippen molar-refractivity contribution in [3.05, 3.63) is 33.1 Å². The molecule has 0 radical (unpaired) electrons. The van der Waals surface area contributed by atoms with E-state index in [0.717, 1.165) is 16.8 Å². The molecule has 2 heterocycles. The Hall–Kier alpha value is -2.57. The van der Waals surface area contributed by atoms with E-state index >= 15 is 0 Å². The van der Waals surface area contributed by atoms with Crippen LogP contribution in [-0.4, -0.2) is 58.1 Å². The van der Waals surface area contributed by atoms with Gasteiger partial charge in [0.15, 0.2) is 17.9 Å². The number of hydrogen-bond donors (Lipinski definition) is 3. The molecule has 1 aromatic rings. The monoisotopic (exact) mass is 458 g/mol. The zero-order valence-corrected chi connectivity index (χ0v) is 18.7. The minimum Gasteiger partial charge on any atom is -0.454 e. The Morgan fingerprint density at radius 3 is 2.25 bits per heavy atom. The van der Waals surface area contributed by atoms with Crippen molar-refractivity contribution in [2.45, 2.75) is 70.7 Å². The Kier molecular flexibility index (Phi) is 7.97. The number of hydrogen-bond acceptors (Lipinski definition) is 9. The summed E-state index contributed by atoms with van der Waals surface area (Å²) >= 11 is 0. The number of nitrogens with two attached hydrogens (primary N) is 2. The number of carbonyl (C=O) groups is 2. The van der Waals surface area contributed by atoms with Crippen LogP contribution in [-0.2, 0) is 23.8 Å². The molecule has 6 atom stereocenters. The lowest BCUT2D eigenvalue weighted by Gasteiger charge is -2.36. The Labute approximate surface area is 184 Å². The number of H-pyrrole nitrogens is 1. The number of esters is 2. The van der Waals surface area contributed by atoms with Crippen molar-refractivity contribution in [2.75, 3.05) is 6.67 Å². The molecule has 1 aliphatic heterocycles. The molecular formula is C20H31FN4O7. The third-order valence-electron chi connectivity index (χ3n) is 5.50. The summed E-state index contributed by atoms with van der Waals surface area (Å²) in [6.07, 6.45) is -3.14. The van der Waals surface area contributed by atoms with Gasteiger partial charge < -0.3 is 25.7 Å². The van der Waals surface area contributed by atoms with E-state index in [1.54, 1.807) is 27.7 Å². The first-order valence-corrected chi connectivity index (χ1v) is 10.3. The number of carbonyl (C=O) groups excluding carboxylic acids is 2. The molecule has 0 bridgehead atoms. The molecular weight excluding hydrogens is 427 g/mol. The minimum absolute atomic E-state index is 0.283. The van der Waals surface area contributed by atoms with Crippen LogP contribution in [0.2, 0.25) is 0 Å². The molecule has 1 aliphatic rings. The van der Waals surface area contributed by atoms with Gasteiger partial charge in [-0.25, -0.2) is 9.18 Å². The Bertz CT molecular complexity index is 946. The Morgan fingerprint density at radius 2 is 1.75 bits per heavy atom. The van der Waals surface area contributed by atoms with Crippen LogP contribution in [0.1, 0.15) is 40.8 Å². The maximum absolute atomic E-state index is 13.9. The van der Waals surface area contributed by atoms with Gasteiger partial charge in [-0.3, -0.25) is 23.9 Å². The summed E-state index contributed by atoms with van der Waals surface area (Å²) in [6, 6.07) is -1.02. The first-order chi connectivity index (χ1) is 14.8. The first-order valence-electron chi connectivity index (χ1n) is 10.3. The fraction of sp³-hybridized carbons (Fsp3) is 0.700. The molecule has 0 spiro atoms. The van der Waals surface area contributed by atoms with Gasteiger partial charge in [0.1, 0.15) is 24.9 Å². The SMILES string of the molecule is CC(C)C(N)C(=O)OC1C(CF)OC(n2ccc(=O)[nH]c2=O)C1(C)OC(=O)C(N)C(C)C. The number of ether oxygens (including phenoxy) is 3. The van der Waals surface area contributed by atoms with Gasteiger partial charge in [-0.2, -0.15) is 0 Å². The third kappa shape index (κ3) is 5.08. The molecule has 12 heteroatoms. The summed E-state index contributed by atoms with van der Waals surface area (Å²) in [5.41, 5.74) is 8.33. The Morgan fingerprint density at radius 1 is 1.19 bits per heavy atom. The van der Waals surface area contributed by atoms with Crippen LogP contribution in [0.5, 0.6) is 0 Å².